The fourth-order valence-corrected chi connectivity index (χ4v) is 4.42. The minimum absolute atomic E-state index is 0.0607. The predicted octanol–water partition coefficient (Wildman–Crippen LogP) is 3.93. The number of amides is 1. The van der Waals surface area contributed by atoms with Crippen molar-refractivity contribution in [3.63, 3.8) is 0 Å². The summed E-state index contributed by atoms with van der Waals surface area (Å²) in [7, 11) is -1.19. The molecule has 0 fully saturated rings. The first-order valence-corrected chi connectivity index (χ1v) is 14.0. The molecule has 1 aromatic heterocycles. The summed E-state index contributed by atoms with van der Waals surface area (Å²) >= 11 is 0. The Morgan fingerprint density at radius 2 is 1.97 bits per heavy atom. The van der Waals surface area contributed by atoms with Crippen LogP contribution in [0.4, 0.5) is 0 Å². The molecular weight excluding hydrogens is 410 g/mol. The Balaban J connectivity index is 1.47. The maximum Gasteiger partial charge on any atom is 0.421 e. The summed E-state index contributed by atoms with van der Waals surface area (Å²) in [6.45, 7) is 8.48. The number of fused-ring (bicyclic) bond motifs is 2. The number of ether oxygens (including phenoxy) is 1. The molecule has 0 aliphatic carbocycles. The number of benzene rings is 2. The first-order chi connectivity index (χ1) is 14.7. The van der Waals surface area contributed by atoms with Gasteiger partial charge in [-0.1, -0.05) is 25.7 Å². The standard InChI is InChI=1S/C23H25N3O4Si/c1-31(2,3)9-8-29-15-26-20-7-5-17(11-21(20)30-23(26)28)13-25-14-18-10-16(12-24)4-6-19(18)22(25)27/h4-7,10-11H,8-9,13-15H2,1-3H3. The van der Waals surface area contributed by atoms with Crippen LogP contribution in [0.15, 0.2) is 45.6 Å². The monoisotopic (exact) mass is 435 g/mol. The molecule has 1 aliphatic rings. The van der Waals surface area contributed by atoms with Crippen LogP contribution in [-0.4, -0.2) is 30.1 Å². The lowest BCUT2D eigenvalue weighted by Crippen LogP contribution is -2.23. The Morgan fingerprint density at radius 3 is 2.71 bits per heavy atom. The Hall–Kier alpha value is -3.15. The topological polar surface area (TPSA) is 88.5 Å². The van der Waals surface area contributed by atoms with E-state index >= 15 is 0 Å². The molecule has 2 heterocycles. The first-order valence-electron chi connectivity index (χ1n) is 10.3. The molecule has 3 aromatic rings. The molecular formula is C23H25N3O4Si. The van der Waals surface area contributed by atoms with Crippen molar-refractivity contribution in [1.82, 2.24) is 9.47 Å². The van der Waals surface area contributed by atoms with Crippen LogP contribution in [0.2, 0.25) is 25.7 Å². The van der Waals surface area contributed by atoms with Gasteiger partial charge in [0.2, 0.25) is 0 Å². The number of carbonyl (C=O) groups excluding carboxylic acids is 1. The van der Waals surface area contributed by atoms with E-state index < -0.39 is 13.8 Å². The molecule has 1 aliphatic heterocycles. The number of nitrogens with zero attached hydrogens (tertiary/aromatic N) is 3. The van der Waals surface area contributed by atoms with Gasteiger partial charge >= 0.3 is 5.76 Å². The zero-order valence-electron chi connectivity index (χ0n) is 18.0. The molecule has 0 unspecified atom stereocenters. The minimum Gasteiger partial charge on any atom is -0.408 e. The smallest absolute Gasteiger partial charge is 0.408 e. The number of hydrogen-bond acceptors (Lipinski definition) is 5. The number of oxazole rings is 1. The Morgan fingerprint density at radius 1 is 1.16 bits per heavy atom. The molecule has 160 valence electrons. The molecule has 0 saturated heterocycles. The van der Waals surface area contributed by atoms with Gasteiger partial charge in [-0.3, -0.25) is 4.79 Å². The number of hydrogen-bond donors (Lipinski definition) is 0. The maximum absolute atomic E-state index is 12.7. The van der Waals surface area contributed by atoms with Crippen molar-refractivity contribution in [3.8, 4) is 6.07 Å². The molecule has 2 aromatic carbocycles. The van der Waals surface area contributed by atoms with Crippen LogP contribution in [0.5, 0.6) is 0 Å². The zero-order chi connectivity index (χ0) is 22.2. The van der Waals surface area contributed by atoms with Crippen LogP contribution < -0.4 is 5.76 Å². The average Bonchev–Trinajstić information content (AvgIpc) is 3.19. The summed E-state index contributed by atoms with van der Waals surface area (Å²) in [5.74, 6) is -0.511. The summed E-state index contributed by atoms with van der Waals surface area (Å²) < 4.78 is 12.6. The van der Waals surface area contributed by atoms with E-state index in [0.717, 1.165) is 17.2 Å². The van der Waals surface area contributed by atoms with E-state index in [-0.39, 0.29) is 12.6 Å². The van der Waals surface area contributed by atoms with Gasteiger partial charge in [-0.25, -0.2) is 9.36 Å². The van der Waals surface area contributed by atoms with E-state index in [1.165, 1.54) is 4.57 Å². The van der Waals surface area contributed by atoms with E-state index in [1.807, 2.05) is 12.1 Å². The van der Waals surface area contributed by atoms with Gasteiger partial charge in [0.1, 0.15) is 6.73 Å². The molecule has 0 spiro atoms. The molecule has 0 saturated carbocycles. The molecule has 0 atom stereocenters. The molecule has 0 N–H and O–H groups in total. The highest BCUT2D eigenvalue weighted by molar-refractivity contribution is 6.76. The van der Waals surface area contributed by atoms with Gasteiger partial charge in [0.15, 0.2) is 5.58 Å². The van der Waals surface area contributed by atoms with Gasteiger partial charge in [0.05, 0.1) is 17.1 Å². The van der Waals surface area contributed by atoms with Gasteiger partial charge in [-0.15, -0.1) is 0 Å². The lowest BCUT2D eigenvalue weighted by molar-refractivity contribution is 0.0766. The number of carbonyl (C=O) groups is 1. The van der Waals surface area contributed by atoms with Crippen molar-refractivity contribution in [2.24, 2.45) is 0 Å². The zero-order valence-corrected chi connectivity index (χ0v) is 19.0. The van der Waals surface area contributed by atoms with Crippen LogP contribution in [0.3, 0.4) is 0 Å². The van der Waals surface area contributed by atoms with Crippen LogP contribution in [0.1, 0.15) is 27.0 Å². The van der Waals surface area contributed by atoms with E-state index in [4.69, 9.17) is 14.4 Å². The summed E-state index contributed by atoms with van der Waals surface area (Å²) in [5, 5.41) is 9.07. The second kappa shape index (κ2) is 8.17. The van der Waals surface area contributed by atoms with E-state index in [2.05, 4.69) is 25.7 Å². The maximum atomic E-state index is 12.7. The molecule has 1 amide bonds. The third-order valence-electron chi connectivity index (χ3n) is 5.44. The van der Waals surface area contributed by atoms with Crippen LogP contribution >= 0.6 is 0 Å². The second-order valence-corrected chi connectivity index (χ2v) is 14.7. The SMILES string of the molecule is C[Si](C)(C)CCOCn1c(=O)oc2cc(CN3Cc4cc(C#N)ccc4C3=O)ccc21. The average molecular weight is 436 g/mol. The highest BCUT2D eigenvalue weighted by atomic mass is 28.3. The second-order valence-electron chi connectivity index (χ2n) is 9.09. The van der Waals surface area contributed by atoms with Crippen LogP contribution in [-0.2, 0) is 24.6 Å². The van der Waals surface area contributed by atoms with Crippen molar-refractivity contribution >= 4 is 25.1 Å². The van der Waals surface area contributed by atoms with Crippen molar-refractivity contribution in [3.05, 3.63) is 69.2 Å². The summed E-state index contributed by atoms with van der Waals surface area (Å²) in [6, 6.07) is 13.8. The van der Waals surface area contributed by atoms with Crippen molar-refractivity contribution < 1.29 is 13.9 Å². The third kappa shape index (κ3) is 4.48. The third-order valence-corrected chi connectivity index (χ3v) is 7.14. The molecule has 0 radical (unpaired) electrons. The molecule has 31 heavy (non-hydrogen) atoms. The number of rotatable bonds is 7. The summed E-state index contributed by atoms with van der Waals surface area (Å²) in [5.41, 5.74) is 4.06. The quantitative estimate of drug-likeness (QED) is 0.414. The normalized spacial score (nSPS) is 13.6. The molecule has 7 nitrogen and oxygen atoms in total. The fourth-order valence-electron chi connectivity index (χ4n) is 3.66. The first kappa shape index (κ1) is 21.1. The Labute approximate surface area is 181 Å². The molecule has 4 rings (SSSR count). The Kier molecular flexibility index (Phi) is 5.56. The number of nitriles is 1. The molecule has 8 heteroatoms. The van der Waals surface area contributed by atoms with Crippen LogP contribution in [0, 0.1) is 11.3 Å². The van der Waals surface area contributed by atoms with Gasteiger partial charge in [0.25, 0.3) is 5.91 Å². The lowest BCUT2D eigenvalue weighted by atomic mass is 10.1. The van der Waals surface area contributed by atoms with Gasteiger partial charge < -0.3 is 14.1 Å². The van der Waals surface area contributed by atoms with E-state index in [1.54, 1.807) is 29.2 Å². The van der Waals surface area contributed by atoms with Crippen LogP contribution in [0.25, 0.3) is 11.1 Å². The Bertz CT molecular complexity index is 1250. The predicted molar refractivity (Wildman–Crippen MR) is 119 cm³/mol. The highest BCUT2D eigenvalue weighted by Crippen LogP contribution is 2.26. The summed E-state index contributed by atoms with van der Waals surface area (Å²) in [4.78, 5) is 26.7. The fraction of sp³-hybridized carbons (Fsp3) is 0.348. The summed E-state index contributed by atoms with van der Waals surface area (Å²) in [6.07, 6.45) is 0. The molecule has 0 bridgehead atoms. The van der Waals surface area contributed by atoms with E-state index in [9.17, 15) is 9.59 Å². The van der Waals surface area contributed by atoms with Crippen molar-refractivity contribution in [1.29, 1.82) is 5.26 Å². The largest absolute Gasteiger partial charge is 0.421 e. The van der Waals surface area contributed by atoms with Gasteiger partial charge in [0, 0.05) is 33.3 Å². The van der Waals surface area contributed by atoms with E-state index in [0.29, 0.717) is 41.9 Å². The number of aromatic nitrogens is 1. The lowest BCUT2D eigenvalue weighted by Gasteiger charge is -2.16. The highest BCUT2D eigenvalue weighted by Gasteiger charge is 2.27. The minimum atomic E-state index is -1.19. The van der Waals surface area contributed by atoms with Gasteiger partial charge in [-0.2, -0.15) is 5.26 Å². The van der Waals surface area contributed by atoms with Gasteiger partial charge in [-0.05, 0) is 47.5 Å². The van der Waals surface area contributed by atoms with Crippen molar-refractivity contribution in [2.45, 2.75) is 45.5 Å². The van der Waals surface area contributed by atoms with Crippen molar-refractivity contribution in [2.75, 3.05) is 6.61 Å².